The summed E-state index contributed by atoms with van der Waals surface area (Å²) in [5.74, 6) is -1.21. The topological polar surface area (TPSA) is 55.8 Å². The summed E-state index contributed by atoms with van der Waals surface area (Å²) in [4.78, 5) is 26.4. The molecule has 9 heteroatoms. The Balaban J connectivity index is 3.30. The molecule has 0 spiro atoms. The standard InChI is InChI=1S/C22H32Cl3NO4Si/c1-7-29-19(27)14-13-18(16-30-31(5,6)21(2,3)4)26(20(28)22(23,24)25)15-17-11-9-8-10-12-17/h8-14,18H,7,15-16H2,1-6H3/b14-13+/t18-/m1/s1. The van der Waals surface area contributed by atoms with Gasteiger partial charge in [0.15, 0.2) is 8.32 Å². The average molecular weight is 509 g/mol. The molecule has 1 amide bonds. The Labute approximate surface area is 201 Å². The summed E-state index contributed by atoms with van der Waals surface area (Å²) in [5.41, 5.74) is 0.854. The van der Waals surface area contributed by atoms with Crippen LogP contribution < -0.4 is 0 Å². The Kier molecular flexibility index (Phi) is 10.6. The van der Waals surface area contributed by atoms with Gasteiger partial charge in [0.05, 0.1) is 19.3 Å². The van der Waals surface area contributed by atoms with Crippen LogP contribution in [0.1, 0.15) is 33.3 Å². The maximum atomic E-state index is 13.0. The lowest BCUT2D eigenvalue weighted by Gasteiger charge is -2.39. The Morgan fingerprint density at radius 3 is 2.19 bits per heavy atom. The van der Waals surface area contributed by atoms with E-state index in [-0.39, 0.29) is 24.8 Å². The molecule has 0 aliphatic rings. The second-order valence-electron chi connectivity index (χ2n) is 8.67. The quantitative estimate of drug-likeness (QED) is 0.180. The first-order chi connectivity index (χ1) is 14.2. The summed E-state index contributed by atoms with van der Waals surface area (Å²) in [6, 6.07) is 8.72. The number of carbonyl (C=O) groups excluding carboxylic acids is 2. The minimum Gasteiger partial charge on any atom is -0.463 e. The maximum Gasteiger partial charge on any atom is 0.330 e. The number of halogens is 3. The fourth-order valence-electron chi connectivity index (χ4n) is 2.42. The Hall–Kier alpha value is -1.05. The lowest BCUT2D eigenvalue weighted by atomic mass is 10.1. The summed E-state index contributed by atoms with van der Waals surface area (Å²) >= 11 is 17.9. The van der Waals surface area contributed by atoms with Crippen molar-refractivity contribution in [3.8, 4) is 0 Å². The van der Waals surface area contributed by atoms with Gasteiger partial charge in [-0.25, -0.2) is 4.79 Å². The van der Waals surface area contributed by atoms with Crippen LogP contribution in [0.15, 0.2) is 42.5 Å². The highest BCUT2D eigenvalue weighted by molar-refractivity contribution is 6.76. The monoisotopic (exact) mass is 507 g/mol. The van der Waals surface area contributed by atoms with E-state index in [4.69, 9.17) is 44.0 Å². The van der Waals surface area contributed by atoms with Crippen molar-refractivity contribution in [2.75, 3.05) is 13.2 Å². The molecule has 0 aromatic heterocycles. The lowest BCUT2D eigenvalue weighted by molar-refractivity contribution is -0.137. The molecule has 1 rings (SSSR count). The van der Waals surface area contributed by atoms with E-state index >= 15 is 0 Å². The normalized spacial score (nSPS) is 13.8. The number of alkyl halides is 3. The van der Waals surface area contributed by atoms with E-state index in [1.807, 2.05) is 30.3 Å². The average Bonchev–Trinajstić information content (AvgIpc) is 2.65. The highest BCUT2D eigenvalue weighted by Crippen LogP contribution is 2.37. The van der Waals surface area contributed by atoms with Crippen LogP contribution in [0.2, 0.25) is 18.1 Å². The summed E-state index contributed by atoms with van der Waals surface area (Å²) in [5, 5.41) is -0.0358. The number of nitrogens with zero attached hydrogens (tertiary/aromatic N) is 1. The van der Waals surface area contributed by atoms with Crippen molar-refractivity contribution in [3.05, 3.63) is 48.0 Å². The fraction of sp³-hybridized carbons (Fsp3) is 0.545. The third-order valence-electron chi connectivity index (χ3n) is 5.26. The number of rotatable bonds is 9. The van der Waals surface area contributed by atoms with E-state index in [1.54, 1.807) is 13.0 Å². The molecule has 1 aromatic carbocycles. The molecule has 0 radical (unpaired) electrons. The van der Waals surface area contributed by atoms with Gasteiger partial charge in [0.1, 0.15) is 0 Å². The molecule has 0 aliphatic carbocycles. The summed E-state index contributed by atoms with van der Waals surface area (Å²) in [6.45, 7) is 12.9. The van der Waals surface area contributed by atoms with Gasteiger partial charge >= 0.3 is 5.97 Å². The Morgan fingerprint density at radius 2 is 1.71 bits per heavy atom. The summed E-state index contributed by atoms with van der Waals surface area (Å²) in [6.07, 6.45) is 2.86. The first-order valence-electron chi connectivity index (χ1n) is 10.1. The van der Waals surface area contributed by atoms with Crippen molar-refractivity contribution in [3.63, 3.8) is 0 Å². The number of hydrogen-bond donors (Lipinski definition) is 0. The largest absolute Gasteiger partial charge is 0.463 e. The molecular formula is C22H32Cl3NO4Si. The maximum absolute atomic E-state index is 13.0. The molecule has 0 unspecified atom stereocenters. The first kappa shape index (κ1) is 28.0. The van der Waals surface area contributed by atoms with Gasteiger partial charge in [0.2, 0.25) is 0 Å². The Morgan fingerprint density at radius 1 is 1.13 bits per heavy atom. The van der Waals surface area contributed by atoms with Crippen LogP contribution in [0.25, 0.3) is 0 Å². The highest BCUT2D eigenvalue weighted by Gasteiger charge is 2.41. The third-order valence-corrected chi connectivity index (χ3v) is 10.2. The van der Waals surface area contributed by atoms with E-state index in [9.17, 15) is 9.59 Å². The minimum atomic E-state index is -2.15. The van der Waals surface area contributed by atoms with Crippen molar-refractivity contribution in [1.29, 1.82) is 0 Å². The molecule has 0 aliphatic heterocycles. The van der Waals surface area contributed by atoms with Crippen LogP contribution >= 0.6 is 34.8 Å². The van der Waals surface area contributed by atoms with Gasteiger partial charge in [0.25, 0.3) is 9.70 Å². The zero-order valence-corrected chi connectivity index (χ0v) is 22.2. The van der Waals surface area contributed by atoms with E-state index in [2.05, 4.69) is 33.9 Å². The molecule has 0 saturated carbocycles. The number of benzene rings is 1. The van der Waals surface area contributed by atoms with Crippen molar-refractivity contribution >= 4 is 55.0 Å². The van der Waals surface area contributed by atoms with Gasteiger partial charge in [-0.2, -0.15) is 0 Å². The van der Waals surface area contributed by atoms with Crippen LogP contribution in [-0.2, 0) is 25.3 Å². The summed E-state index contributed by atoms with van der Waals surface area (Å²) < 4.78 is 9.17. The molecule has 1 atom stereocenters. The van der Waals surface area contributed by atoms with Gasteiger partial charge < -0.3 is 14.1 Å². The molecule has 0 N–H and O–H groups in total. The minimum absolute atomic E-state index is 0.0358. The first-order valence-corrected chi connectivity index (χ1v) is 14.1. The number of amides is 1. The van der Waals surface area contributed by atoms with Crippen LogP contribution in [0.4, 0.5) is 0 Å². The molecule has 5 nitrogen and oxygen atoms in total. The number of hydrogen-bond acceptors (Lipinski definition) is 4. The number of esters is 1. The Bertz CT molecular complexity index is 758. The van der Waals surface area contributed by atoms with Crippen molar-refractivity contribution < 1.29 is 18.8 Å². The van der Waals surface area contributed by atoms with Crippen molar-refractivity contribution in [2.24, 2.45) is 0 Å². The van der Waals surface area contributed by atoms with Crippen LogP contribution in [-0.4, -0.2) is 48.1 Å². The molecule has 31 heavy (non-hydrogen) atoms. The molecular weight excluding hydrogens is 477 g/mol. The zero-order valence-electron chi connectivity index (χ0n) is 19.0. The zero-order chi connectivity index (χ0) is 23.9. The molecule has 0 bridgehead atoms. The second-order valence-corrected chi connectivity index (χ2v) is 15.8. The SMILES string of the molecule is CCOC(=O)/C=C/[C@H](CO[Si](C)(C)C(C)(C)C)N(Cc1ccccc1)C(=O)C(Cl)(Cl)Cl. The molecule has 0 fully saturated rings. The predicted octanol–water partition coefficient (Wildman–Crippen LogP) is 5.90. The van der Waals surface area contributed by atoms with Gasteiger partial charge in [-0.3, -0.25) is 4.79 Å². The third kappa shape index (κ3) is 9.14. The second kappa shape index (κ2) is 11.7. The van der Waals surface area contributed by atoms with Crippen LogP contribution in [0.3, 0.4) is 0 Å². The van der Waals surface area contributed by atoms with Gasteiger partial charge in [0, 0.05) is 12.6 Å². The van der Waals surface area contributed by atoms with Crippen molar-refractivity contribution in [2.45, 2.75) is 62.2 Å². The molecule has 0 saturated heterocycles. The predicted molar refractivity (Wildman–Crippen MR) is 130 cm³/mol. The number of carbonyl (C=O) groups is 2. The van der Waals surface area contributed by atoms with E-state index in [0.29, 0.717) is 0 Å². The van der Waals surface area contributed by atoms with Crippen LogP contribution in [0, 0.1) is 0 Å². The molecule has 174 valence electrons. The van der Waals surface area contributed by atoms with E-state index in [0.717, 1.165) is 5.56 Å². The number of ether oxygens (including phenoxy) is 1. The summed E-state index contributed by atoms with van der Waals surface area (Å²) in [7, 11) is -2.14. The van der Waals surface area contributed by atoms with Gasteiger partial charge in [-0.15, -0.1) is 0 Å². The van der Waals surface area contributed by atoms with E-state index < -0.39 is 30.0 Å². The van der Waals surface area contributed by atoms with E-state index in [1.165, 1.54) is 11.0 Å². The highest BCUT2D eigenvalue weighted by atomic mass is 35.6. The van der Waals surface area contributed by atoms with Gasteiger partial charge in [-0.05, 0) is 30.6 Å². The smallest absolute Gasteiger partial charge is 0.330 e. The van der Waals surface area contributed by atoms with Gasteiger partial charge in [-0.1, -0.05) is 92.0 Å². The van der Waals surface area contributed by atoms with Crippen molar-refractivity contribution in [1.82, 2.24) is 4.90 Å². The molecule has 1 aromatic rings. The van der Waals surface area contributed by atoms with Crippen LogP contribution in [0.5, 0.6) is 0 Å². The lowest BCUT2D eigenvalue weighted by Crippen LogP contribution is -2.49. The molecule has 0 heterocycles. The fourth-order valence-corrected chi connectivity index (χ4v) is 3.77.